The summed E-state index contributed by atoms with van der Waals surface area (Å²) in [7, 11) is 0. The highest BCUT2D eigenvalue weighted by Gasteiger charge is 2.18. The second-order valence-electron chi connectivity index (χ2n) is 5.32. The molecule has 98 valence electrons. The second kappa shape index (κ2) is 6.84. The molecule has 0 amide bonds. The zero-order valence-corrected chi connectivity index (χ0v) is 10.7. The molecule has 0 aromatic carbocycles. The minimum Gasteiger partial charge on any atom is -0.374 e. The monoisotopic (exact) mass is 239 g/mol. The Kier molecular flexibility index (Phi) is 5.10. The Morgan fingerprint density at radius 1 is 0.941 bits per heavy atom. The zero-order valence-electron chi connectivity index (χ0n) is 10.7. The minimum atomic E-state index is 0.415. The van der Waals surface area contributed by atoms with Gasteiger partial charge in [0.25, 0.3) is 0 Å². The second-order valence-corrected chi connectivity index (χ2v) is 5.32. The standard InChI is InChI=1S/C13H25N3O/c14-17-13(15-11-7-3-1-4-8-11)16-12-9-5-2-6-10-12/h11-12H,1-10,14H2,(H,15,16). The lowest BCUT2D eigenvalue weighted by Crippen LogP contribution is -2.39. The van der Waals surface area contributed by atoms with Gasteiger partial charge in [-0.3, -0.25) is 0 Å². The molecule has 2 rings (SSSR count). The van der Waals surface area contributed by atoms with E-state index in [-0.39, 0.29) is 0 Å². The van der Waals surface area contributed by atoms with Gasteiger partial charge in [-0.05, 0) is 25.7 Å². The lowest BCUT2D eigenvalue weighted by atomic mass is 9.95. The van der Waals surface area contributed by atoms with Crippen molar-refractivity contribution in [3.8, 4) is 0 Å². The zero-order chi connectivity index (χ0) is 11.9. The van der Waals surface area contributed by atoms with E-state index < -0.39 is 0 Å². The highest BCUT2D eigenvalue weighted by molar-refractivity contribution is 5.73. The van der Waals surface area contributed by atoms with Crippen LogP contribution in [0.4, 0.5) is 0 Å². The van der Waals surface area contributed by atoms with Crippen molar-refractivity contribution in [1.29, 1.82) is 0 Å². The molecule has 2 fully saturated rings. The van der Waals surface area contributed by atoms with Crippen LogP contribution in [0.2, 0.25) is 0 Å². The SMILES string of the molecule is NOC(=NC1CCCCC1)NC1CCCCC1. The van der Waals surface area contributed by atoms with Crippen molar-refractivity contribution in [2.75, 3.05) is 0 Å². The van der Waals surface area contributed by atoms with Crippen LogP contribution in [0, 0.1) is 0 Å². The van der Waals surface area contributed by atoms with Crippen molar-refractivity contribution in [3.63, 3.8) is 0 Å². The molecule has 2 aliphatic rings. The van der Waals surface area contributed by atoms with E-state index in [0.29, 0.717) is 18.1 Å². The fourth-order valence-corrected chi connectivity index (χ4v) is 2.90. The maximum atomic E-state index is 5.31. The van der Waals surface area contributed by atoms with Gasteiger partial charge >= 0.3 is 6.02 Å². The highest BCUT2D eigenvalue weighted by Crippen LogP contribution is 2.21. The molecule has 0 heterocycles. The molecule has 0 radical (unpaired) electrons. The Hall–Kier alpha value is -0.770. The van der Waals surface area contributed by atoms with E-state index in [2.05, 4.69) is 10.3 Å². The summed E-state index contributed by atoms with van der Waals surface area (Å²) >= 11 is 0. The average Bonchev–Trinajstić information content (AvgIpc) is 2.40. The smallest absolute Gasteiger partial charge is 0.304 e. The summed E-state index contributed by atoms with van der Waals surface area (Å²) in [5.74, 6) is 5.31. The Labute approximate surface area is 104 Å². The van der Waals surface area contributed by atoms with Gasteiger partial charge in [0, 0.05) is 6.04 Å². The summed E-state index contributed by atoms with van der Waals surface area (Å²) in [5, 5.41) is 3.36. The number of nitrogens with one attached hydrogen (secondary N) is 1. The maximum Gasteiger partial charge on any atom is 0.304 e. The van der Waals surface area contributed by atoms with E-state index in [9.17, 15) is 0 Å². The molecule has 0 aromatic rings. The Morgan fingerprint density at radius 2 is 1.53 bits per heavy atom. The van der Waals surface area contributed by atoms with Crippen LogP contribution >= 0.6 is 0 Å². The number of nitrogens with two attached hydrogens (primary N) is 1. The maximum absolute atomic E-state index is 5.31. The third-order valence-electron chi connectivity index (χ3n) is 3.92. The molecule has 4 heteroatoms. The molecule has 0 aliphatic heterocycles. The summed E-state index contributed by atoms with van der Waals surface area (Å²) in [4.78, 5) is 9.50. The molecule has 2 saturated carbocycles. The number of aliphatic imine (C=N–C) groups is 1. The van der Waals surface area contributed by atoms with Crippen LogP contribution in [-0.2, 0) is 4.84 Å². The lowest BCUT2D eigenvalue weighted by Gasteiger charge is -2.25. The highest BCUT2D eigenvalue weighted by atomic mass is 16.6. The Bertz CT molecular complexity index is 243. The number of hydrogen-bond acceptors (Lipinski definition) is 3. The number of amidine groups is 1. The van der Waals surface area contributed by atoms with Gasteiger partial charge in [-0.15, -0.1) is 0 Å². The first-order valence-corrected chi connectivity index (χ1v) is 7.09. The van der Waals surface area contributed by atoms with Gasteiger partial charge in [0.15, 0.2) is 0 Å². The van der Waals surface area contributed by atoms with Crippen LogP contribution < -0.4 is 11.2 Å². The average molecular weight is 239 g/mol. The molecular formula is C13H25N3O. The van der Waals surface area contributed by atoms with Crippen LogP contribution in [-0.4, -0.2) is 18.1 Å². The Morgan fingerprint density at radius 3 is 2.12 bits per heavy atom. The van der Waals surface area contributed by atoms with Crippen molar-refractivity contribution in [3.05, 3.63) is 0 Å². The molecule has 0 bridgehead atoms. The van der Waals surface area contributed by atoms with Gasteiger partial charge < -0.3 is 10.2 Å². The fourth-order valence-electron chi connectivity index (χ4n) is 2.90. The predicted octanol–water partition coefficient (Wildman–Crippen LogP) is 2.49. The third kappa shape index (κ3) is 4.19. The molecule has 0 atom stereocenters. The van der Waals surface area contributed by atoms with E-state index in [4.69, 9.17) is 10.7 Å². The van der Waals surface area contributed by atoms with Crippen molar-refractivity contribution in [2.24, 2.45) is 10.9 Å². The van der Waals surface area contributed by atoms with E-state index in [0.717, 1.165) is 0 Å². The first kappa shape index (κ1) is 12.7. The lowest BCUT2D eigenvalue weighted by molar-refractivity contribution is 0.279. The molecule has 0 saturated heterocycles. The summed E-state index contributed by atoms with van der Waals surface area (Å²) in [6.45, 7) is 0. The van der Waals surface area contributed by atoms with Gasteiger partial charge in [0.2, 0.25) is 0 Å². The first-order chi connectivity index (χ1) is 8.38. The van der Waals surface area contributed by atoms with Crippen LogP contribution in [0.5, 0.6) is 0 Å². The van der Waals surface area contributed by atoms with E-state index in [1.165, 1.54) is 64.2 Å². The van der Waals surface area contributed by atoms with Crippen LogP contribution in [0.3, 0.4) is 0 Å². The van der Waals surface area contributed by atoms with Crippen LogP contribution in [0.1, 0.15) is 64.2 Å². The van der Waals surface area contributed by atoms with Crippen LogP contribution in [0.25, 0.3) is 0 Å². The van der Waals surface area contributed by atoms with E-state index in [1.54, 1.807) is 0 Å². The number of rotatable bonds is 2. The molecular weight excluding hydrogens is 214 g/mol. The Balaban J connectivity index is 1.83. The van der Waals surface area contributed by atoms with Gasteiger partial charge in [-0.2, -0.15) is 5.90 Å². The molecule has 0 aromatic heterocycles. The predicted molar refractivity (Wildman–Crippen MR) is 69.6 cm³/mol. The summed E-state index contributed by atoms with van der Waals surface area (Å²) in [5.41, 5.74) is 0. The minimum absolute atomic E-state index is 0.415. The van der Waals surface area contributed by atoms with Crippen molar-refractivity contribution >= 4 is 6.02 Å². The summed E-state index contributed by atoms with van der Waals surface area (Å²) in [6, 6.07) is 1.48. The number of hydrogen-bond donors (Lipinski definition) is 2. The van der Waals surface area contributed by atoms with E-state index in [1.807, 2.05) is 0 Å². The van der Waals surface area contributed by atoms with Crippen molar-refractivity contribution in [1.82, 2.24) is 5.32 Å². The van der Waals surface area contributed by atoms with E-state index >= 15 is 0 Å². The quantitative estimate of drug-likeness (QED) is 0.442. The van der Waals surface area contributed by atoms with Gasteiger partial charge in [-0.1, -0.05) is 38.5 Å². The topological polar surface area (TPSA) is 59.6 Å². The summed E-state index contributed by atoms with van der Waals surface area (Å²) in [6.07, 6.45) is 12.7. The fraction of sp³-hybridized carbons (Fsp3) is 0.923. The third-order valence-corrected chi connectivity index (χ3v) is 3.92. The largest absolute Gasteiger partial charge is 0.374 e. The first-order valence-electron chi connectivity index (χ1n) is 7.09. The molecule has 0 unspecified atom stereocenters. The van der Waals surface area contributed by atoms with Gasteiger partial charge in [-0.25, -0.2) is 4.99 Å². The molecule has 4 nitrogen and oxygen atoms in total. The van der Waals surface area contributed by atoms with Crippen LogP contribution in [0.15, 0.2) is 4.99 Å². The normalized spacial score (nSPS) is 24.6. The molecule has 0 spiro atoms. The molecule has 2 aliphatic carbocycles. The van der Waals surface area contributed by atoms with Crippen molar-refractivity contribution < 1.29 is 4.84 Å². The van der Waals surface area contributed by atoms with Crippen molar-refractivity contribution in [2.45, 2.75) is 76.3 Å². The van der Waals surface area contributed by atoms with Gasteiger partial charge in [0.05, 0.1) is 6.04 Å². The molecule has 3 N–H and O–H groups in total. The number of nitrogens with zero attached hydrogens (tertiary/aromatic N) is 1. The molecule has 17 heavy (non-hydrogen) atoms. The van der Waals surface area contributed by atoms with Gasteiger partial charge in [0.1, 0.15) is 0 Å². The summed E-state index contributed by atoms with van der Waals surface area (Å²) < 4.78 is 0.